The number of carbonyl (C=O) groups excluding carboxylic acids is 2. The molecule has 1 atom stereocenters. The minimum Gasteiger partial charge on any atom is -0.390 e. The molecule has 1 aromatic carbocycles. The molecule has 5 nitrogen and oxygen atoms in total. The van der Waals surface area contributed by atoms with Gasteiger partial charge >= 0.3 is 0 Å². The van der Waals surface area contributed by atoms with E-state index in [0.29, 0.717) is 31.6 Å². The van der Waals surface area contributed by atoms with Gasteiger partial charge in [-0.3, -0.25) is 9.59 Å². The van der Waals surface area contributed by atoms with Crippen molar-refractivity contribution in [1.29, 1.82) is 0 Å². The lowest BCUT2D eigenvalue weighted by Gasteiger charge is -2.18. The molecular formula is C19H28N2O3. The summed E-state index contributed by atoms with van der Waals surface area (Å²) in [5.41, 5.74) is 0.983. The third kappa shape index (κ3) is 5.06. The normalized spacial score (nSPS) is 17.8. The van der Waals surface area contributed by atoms with E-state index < -0.39 is 5.60 Å². The second-order valence-electron chi connectivity index (χ2n) is 7.14. The molecule has 2 N–H and O–H groups in total. The highest BCUT2D eigenvalue weighted by atomic mass is 16.3. The molecule has 24 heavy (non-hydrogen) atoms. The number of carbonyl (C=O) groups is 2. The van der Waals surface area contributed by atoms with Crippen molar-refractivity contribution in [3.8, 4) is 0 Å². The molecule has 2 amide bonds. The average molecular weight is 332 g/mol. The molecule has 1 aromatic rings. The number of rotatable bonds is 6. The van der Waals surface area contributed by atoms with Crippen molar-refractivity contribution in [2.24, 2.45) is 5.92 Å². The van der Waals surface area contributed by atoms with E-state index in [1.807, 2.05) is 31.2 Å². The number of nitrogens with zero attached hydrogens (tertiary/aromatic N) is 1. The predicted octanol–water partition coefficient (Wildman–Crippen LogP) is 1.99. The van der Waals surface area contributed by atoms with Gasteiger partial charge in [0.1, 0.15) is 0 Å². The molecule has 1 saturated heterocycles. The van der Waals surface area contributed by atoms with E-state index in [-0.39, 0.29) is 17.7 Å². The standard InChI is InChI=1S/C19H28N2O3/c1-4-20-17(22)16-9-11-21(13-16)18(23)15-7-5-6-14(12-15)8-10-19(2,3)24/h5-7,12,16,24H,4,8-11,13H2,1-3H3,(H,20,22)/t16-/m1/s1. The maximum atomic E-state index is 12.7. The fourth-order valence-electron chi connectivity index (χ4n) is 2.97. The van der Waals surface area contributed by atoms with Crippen LogP contribution in [0.25, 0.3) is 0 Å². The monoisotopic (exact) mass is 332 g/mol. The summed E-state index contributed by atoms with van der Waals surface area (Å²) in [4.78, 5) is 26.3. The van der Waals surface area contributed by atoms with E-state index in [0.717, 1.165) is 18.4 Å². The van der Waals surface area contributed by atoms with Crippen molar-refractivity contribution < 1.29 is 14.7 Å². The van der Waals surface area contributed by atoms with Crippen LogP contribution in [-0.2, 0) is 11.2 Å². The third-order valence-electron chi connectivity index (χ3n) is 4.40. The predicted molar refractivity (Wildman–Crippen MR) is 93.8 cm³/mol. The Hall–Kier alpha value is -1.88. The maximum Gasteiger partial charge on any atom is 0.253 e. The summed E-state index contributed by atoms with van der Waals surface area (Å²) in [6.07, 6.45) is 2.09. The highest BCUT2D eigenvalue weighted by molar-refractivity contribution is 5.95. The first kappa shape index (κ1) is 18.5. The Bertz CT molecular complexity index is 593. The highest BCUT2D eigenvalue weighted by Crippen LogP contribution is 2.20. The minimum atomic E-state index is -0.713. The molecule has 1 aliphatic heterocycles. The first-order valence-corrected chi connectivity index (χ1v) is 8.68. The molecule has 0 saturated carbocycles. The Morgan fingerprint density at radius 2 is 2.12 bits per heavy atom. The average Bonchev–Trinajstić information content (AvgIpc) is 3.02. The maximum absolute atomic E-state index is 12.7. The van der Waals surface area contributed by atoms with Gasteiger partial charge in [-0.2, -0.15) is 0 Å². The summed E-state index contributed by atoms with van der Waals surface area (Å²) in [7, 11) is 0. The van der Waals surface area contributed by atoms with Crippen LogP contribution < -0.4 is 5.32 Å². The lowest BCUT2D eigenvalue weighted by atomic mass is 9.98. The van der Waals surface area contributed by atoms with Crippen molar-refractivity contribution in [2.45, 2.75) is 45.6 Å². The second kappa shape index (κ2) is 7.79. The van der Waals surface area contributed by atoms with Crippen LogP contribution in [0.4, 0.5) is 0 Å². The van der Waals surface area contributed by atoms with Crippen LogP contribution in [0.2, 0.25) is 0 Å². The molecule has 5 heteroatoms. The van der Waals surface area contributed by atoms with E-state index in [4.69, 9.17) is 0 Å². The lowest BCUT2D eigenvalue weighted by molar-refractivity contribution is -0.124. The summed E-state index contributed by atoms with van der Waals surface area (Å²) in [6.45, 7) is 7.19. The van der Waals surface area contributed by atoms with E-state index in [1.54, 1.807) is 18.7 Å². The fourth-order valence-corrected chi connectivity index (χ4v) is 2.97. The summed E-state index contributed by atoms with van der Waals surface area (Å²) in [5.74, 6) is -0.0918. The fraction of sp³-hybridized carbons (Fsp3) is 0.579. The highest BCUT2D eigenvalue weighted by Gasteiger charge is 2.31. The van der Waals surface area contributed by atoms with E-state index in [1.165, 1.54) is 0 Å². The van der Waals surface area contributed by atoms with Crippen LogP contribution in [0.5, 0.6) is 0 Å². The number of aliphatic hydroxyl groups is 1. The number of likely N-dealkylation sites (tertiary alicyclic amines) is 1. The number of hydrogen-bond acceptors (Lipinski definition) is 3. The molecule has 132 valence electrons. The van der Waals surface area contributed by atoms with Crippen LogP contribution in [0.1, 0.15) is 49.5 Å². The molecule has 0 bridgehead atoms. The third-order valence-corrected chi connectivity index (χ3v) is 4.40. The van der Waals surface area contributed by atoms with Gasteiger partial charge in [-0.15, -0.1) is 0 Å². The quantitative estimate of drug-likeness (QED) is 0.837. The van der Waals surface area contributed by atoms with Gasteiger partial charge in [0.25, 0.3) is 5.91 Å². The van der Waals surface area contributed by atoms with Crippen LogP contribution in [0, 0.1) is 5.92 Å². The first-order chi connectivity index (χ1) is 11.3. The number of hydrogen-bond donors (Lipinski definition) is 2. The van der Waals surface area contributed by atoms with Crippen LogP contribution in [-0.4, -0.2) is 47.1 Å². The second-order valence-corrected chi connectivity index (χ2v) is 7.14. The SMILES string of the molecule is CCNC(=O)[C@@H]1CCN(C(=O)c2cccc(CCC(C)(C)O)c2)C1. The minimum absolute atomic E-state index is 0.0214. The number of benzene rings is 1. The zero-order chi connectivity index (χ0) is 17.7. The molecule has 1 fully saturated rings. The molecule has 0 unspecified atom stereocenters. The van der Waals surface area contributed by atoms with Gasteiger partial charge in [-0.1, -0.05) is 12.1 Å². The molecular weight excluding hydrogens is 304 g/mol. The van der Waals surface area contributed by atoms with Crippen LogP contribution in [0.3, 0.4) is 0 Å². The zero-order valence-corrected chi connectivity index (χ0v) is 14.8. The number of amides is 2. The Balaban J connectivity index is 1.99. The topological polar surface area (TPSA) is 69.6 Å². The van der Waals surface area contributed by atoms with Crippen molar-refractivity contribution in [2.75, 3.05) is 19.6 Å². The summed E-state index contributed by atoms with van der Waals surface area (Å²) in [5, 5.41) is 12.7. The molecule has 0 spiro atoms. The number of aryl methyl sites for hydroxylation is 1. The molecule has 0 radical (unpaired) electrons. The van der Waals surface area contributed by atoms with Gasteiger partial charge in [0.05, 0.1) is 11.5 Å². The summed E-state index contributed by atoms with van der Waals surface area (Å²) in [6, 6.07) is 7.57. The summed E-state index contributed by atoms with van der Waals surface area (Å²) >= 11 is 0. The molecule has 2 rings (SSSR count). The van der Waals surface area contributed by atoms with Gasteiger partial charge in [-0.25, -0.2) is 0 Å². The Morgan fingerprint density at radius 1 is 1.38 bits per heavy atom. The van der Waals surface area contributed by atoms with Crippen molar-refractivity contribution in [3.63, 3.8) is 0 Å². The molecule has 1 heterocycles. The van der Waals surface area contributed by atoms with E-state index in [9.17, 15) is 14.7 Å². The Morgan fingerprint density at radius 3 is 2.79 bits per heavy atom. The van der Waals surface area contributed by atoms with Crippen LogP contribution >= 0.6 is 0 Å². The van der Waals surface area contributed by atoms with E-state index >= 15 is 0 Å². The summed E-state index contributed by atoms with van der Waals surface area (Å²) < 4.78 is 0. The van der Waals surface area contributed by atoms with E-state index in [2.05, 4.69) is 5.32 Å². The molecule has 0 aliphatic carbocycles. The van der Waals surface area contributed by atoms with Gasteiger partial charge in [-0.05, 0) is 57.7 Å². The Kier molecular flexibility index (Phi) is 5.99. The van der Waals surface area contributed by atoms with Crippen molar-refractivity contribution in [3.05, 3.63) is 35.4 Å². The lowest BCUT2D eigenvalue weighted by Crippen LogP contribution is -2.34. The van der Waals surface area contributed by atoms with Gasteiger partial charge in [0.2, 0.25) is 5.91 Å². The zero-order valence-electron chi connectivity index (χ0n) is 14.8. The molecule has 1 aliphatic rings. The van der Waals surface area contributed by atoms with Gasteiger partial charge < -0.3 is 15.3 Å². The largest absolute Gasteiger partial charge is 0.390 e. The smallest absolute Gasteiger partial charge is 0.253 e. The Labute approximate surface area is 144 Å². The first-order valence-electron chi connectivity index (χ1n) is 8.68. The number of nitrogens with one attached hydrogen (secondary N) is 1. The van der Waals surface area contributed by atoms with Crippen molar-refractivity contribution >= 4 is 11.8 Å². The van der Waals surface area contributed by atoms with Gasteiger partial charge in [0.15, 0.2) is 0 Å². The van der Waals surface area contributed by atoms with Gasteiger partial charge in [0, 0.05) is 25.2 Å². The van der Waals surface area contributed by atoms with Crippen LogP contribution in [0.15, 0.2) is 24.3 Å². The van der Waals surface area contributed by atoms with Crippen molar-refractivity contribution in [1.82, 2.24) is 10.2 Å². The molecule has 0 aromatic heterocycles.